The molecular formula is C15H16BrNO2. The minimum atomic E-state index is 0.521. The largest absolute Gasteiger partial charge is 0.495 e. The summed E-state index contributed by atoms with van der Waals surface area (Å²) in [6.07, 6.45) is 0. The van der Waals surface area contributed by atoms with Gasteiger partial charge in [-0.15, -0.1) is 0 Å². The molecule has 2 aromatic rings. The summed E-state index contributed by atoms with van der Waals surface area (Å²) in [6, 6.07) is 12.0. The van der Waals surface area contributed by atoms with Crippen LogP contribution in [0.25, 0.3) is 11.1 Å². The first-order valence-electron chi connectivity index (χ1n) is 5.91. The molecule has 4 heteroatoms. The smallest absolute Gasteiger partial charge is 0.144 e. The molecule has 0 fully saturated rings. The van der Waals surface area contributed by atoms with E-state index in [0.29, 0.717) is 6.54 Å². The maximum Gasteiger partial charge on any atom is 0.144 e. The van der Waals surface area contributed by atoms with Crippen molar-refractivity contribution in [2.24, 2.45) is 5.73 Å². The summed E-state index contributed by atoms with van der Waals surface area (Å²) in [6.45, 7) is 0.521. The summed E-state index contributed by atoms with van der Waals surface area (Å²) in [5.74, 6) is 1.50. The highest BCUT2D eigenvalue weighted by Gasteiger charge is 2.14. The number of halogens is 1. The molecule has 0 saturated heterocycles. The number of rotatable bonds is 4. The predicted molar refractivity (Wildman–Crippen MR) is 80.6 cm³/mol. The minimum absolute atomic E-state index is 0.521. The SMILES string of the molecule is COc1ccc(-c2cccc(CN)c2)c(OC)c1Br. The number of benzene rings is 2. The van der Waals surface area contributed by atoms with Gasteiger partial charge in [0, 0.05) is 12.1 Å². The molecule has 0 aliphatic carbocycles. The lowest BCUT2D eigenvalue weighted by atomic mass is 10.0. The Morgan fingerprint density at radius 2 is 1.89 bits per heavy atom. The van der Waals surface area contributed by atoms with Crippen LogP contribution in [0.1, 0.15) is 5.56 Å². The standard InChI is InChI=1S/C15H16BrNO2/c1-18-13-7-6-12(15(19-2)14(13)16)11-5-3-4-10(8-11)9-17/h3-8H,9,17H2,1-2H3. The van der Waals surface area contributed by atoms with E-state index in [4.69, 9.17) is 15.2 Å². The van der Waals surface area contributed by atoms with Gasteiger partial charge in [0.15, 0.2) is 0 Å². The summed E-state index contributed by atoms with van der Waals surface area (Å²) in [4.78, 5) is 0. The summed E-state index contributed by atoms with van der Waals surface area (Å²) >= 11 is 3.51. The van der Waals surface area contributed by atoms with E-state index in [-0.39, 0.29) is 0 Å². The van der Waals surface area contributed by atoms with Gasteiger partial charge < -0.3 is 15.2 Å². The van der Waals surface area contributed by atoms with Crippen molar-refractivity contribution in [3.8, 4) is 22.6 Å². The number of methoxy groups -OCH3 is 2. The second-order valence-corrected chi connectivity index (χ2v) is 4.86. The Morgan fingerprint density at radius 3 is 2.53 bits per heavy atom. The number of nitrogens with two attached hydrogens (primary N) is 1. The van der Waals surface area contributed by atoms with Crippen LogP contribution < -0.4 is 15.2 Å². The van der Waals surface area contributed by atoms with E-state index in [1.54, 1.807) is 14.2 Å². The number of hydrogen-bond donors (Lipinski definition) is 1. The molecule has 0 aliphatic heterocycles. The van der Waals surface area contributed by atoms with Gasteiger partial charge in [-0.3, -0.25) is 0 Å². The van der Waals surface area contributed by atoms with E-state index >= 15 is 0 Å². The zero-order valence-corrected chi connectivity index (χ0v) is 12.5. The van der Waals surface area contributed by atoms with Crippen LogP contribution in [0.3, 0.4) is 0 Å². The monoisotopic (exact) mass is 321 g/mol. The fourth-order valence-corrected chi connectivity index (χ4v) is 2.66. The zero-order valence-electron chi connectivity index (χ0n) is 10.9. The van der Waals surface area contributed by atoms with Crippen molar-refractivity contribution in [2.45, 2.75) is 6.54 Å². The first kappa shape index (κ1) is 13.9. The summed E-state index contributed by atoms with van der Waals surface area (Å²) in [7, 11) is 3.28. The normalized spacial score (nSPS) is 10.3. The van der Waals surface area contributed by atoms with Crippen molar-refractivity contribution in [1.29, 1.82) is 0 Å². The van der Waals surface area contributed by atoms with Gasteiger partial charge in [0.25, 0.3) is 0 Å². The van der Waals surface area contributed by atoms with Gasteiger partial charge in [-0.25, -0.2) is 0 Å². The summed E-state index contributed by atoms with van der Waals surface area (Å²) in [5, 5.41) is 0. The van der Waals surface area contributed by atoms with Gasteiger partial charge >= 0.3 is 0 Å². The van der Waals surface area contributed by atoms with Crippen LogP contribution in [0.15, 0.2) is 40.9 Å². The average Bonchev–Trinajstić information content (AvgIpc) is 2.47. The predicted octanol–water partition coefficient (Wildman–Crippen LogP) is 3.59. The lowest BCUT2D eigenvalue weighted by Crippen LogP contribution is -1.97. The molecule has 0 radical (unpaired) electrons. The third-order valence-electron chi connectivity index (χ3n) is 2.96. The van der Waals surface area contributed by atoms with Crippen LogP contribution in [0, 0.1) is 0 Å². The average molecular weight is 322 g/mol. The van der Waals surface area contributed by atoms with Gasteiger partial charge in [0.05, 0.1) is 14.2 Å². The van der Waals surface area contributed by atoms with Crippen molar-refractivity contribution >= 4 is 15.9 Å². The van der Waals surface area contributed by atoms with Crippen molar-refractivity contribution in [3.63, 3.8) is 0 Å². The summed E-state index contributed by atoms with van der Waals surface area (Å²) < 4.78 is 11.6. The van der Waals surface area contributed by atoms with Gasteiger partial charge in [0.1, 0.15) is 16.0 Å². The van der Waals surface area contributed by atoms with Crippen LogP contribution in [0.5, 0.6) is 11.5 Å². The van der Waals surface area contributed by atoms with Gasteiger partial charge in [-0.1, -0.05) is 18.2 Å². The lowest BCUT2D eigenvalue weighted by Gasteiger charge is -2.14. The summed E-state index contributed by atoms with van der Waals surface area (Å²) in [5.41, 5.74) is 8.85. The second kappa shape index (κ2) is 6.08. The highest BCUT2D eigenvalue weighted by molar-refractivity contribution is 9.10. The molecule has 0 heterocycles. The maximum absolute atomic E-state index is 5.68. The van der Waals surface area contributed by atoms with Crippen LogP contribution in [-0.4, -0.2) is 14.2 Å². The lowest BCUT2D eigenvalue weighted by molar-refractivity contribution is 0.390. The topological polar surface area (TPSA) is 44.5 Å². The van der Waals surface area contributed by atoms with Gasteiger partial charge in [0.2, 0.25) is 0 Å². The Bertz CT molecular complexity index is 584. The number of hydrogen-bond acceptors (Lipinski definition) is 3. The van der Waals surface area contributed by atoms with Crippen LogP contribution >= 0.6 is 15.9 Å². The highest BCUT2D eigenvalue weighted by Crippen LogP contribution is 2.41. The second-order valence-electron chi connectivity index (χ2n) is 4.07. The van der Waals surface area contributed by atoms with Crippen molar-refractivity contribution in [2.75, 3.05) is 14.2 Å². The van der Waals surface area contributed by atoms with E-state index in [1.807, 2.05) is 30.3 Å². The van der Waals surface area contributed by atoms with Crippen LogP contribution in [0.2, 0.25) is 0 Å². The Labute approximate surface area is 121 Å². The molecule has 0 bridgehead atoms. The Morgan fingerprint density at radius 1 is 1.11 bits per heavy atom. The fraction of sp³-hybridized carbons (Fsp3) is 0.200. The van der Waals surface area contributed by atoms with E-state index in [0.717, 1.165) is 32.7 Å². The Hall–Kier alpha value is -1.52. The molecule has 19 heavy (non-hydrogen) atoms. The van der Waals surface area contributed by atoms with Crippen molar-refractivity contribution in [1.82, 2.24) is 0 Å². The molecule has 2 aromatic carbocycles. The first-order chi connectivity index (χ1) is 9.21. The van der Waals surface area contributed by atoms with Crippen LogP contribution in [0.4, 0.5) is 0 Å². The molecule has 3 nitrogen and oxygen atoms in total. The van der Waals surface area contributed by atoms with E-state index in [9.17, 15) is 0 Å². The maximum atomic E-state index is 5.68. The molecule has 0 saturated carbocycles. The molecule has 0 atom stereocenters. The third-order valence-corrected chi connectivity index (χ3v) is 3.71. The molecular weight excluding hydrogens is 306 g/mol. The van der Waals surface area contributed by atoms with E-state index in [1.165, 1.54) is 0 Å². The van der Waals surface area contributed by atoms with Crippen molar-refractivity contribution < 1.29 is 9.47 Å². The van der Waals surface area contributed by atoms with E-state index < -0.39 is 0 Å². The Balaban J connectivity index is 2.58. The van der Waals surface area contributed by atoms with Crippen LogP contribution in [-0.2, 0) is 6.54 Å². The molecule has 0 spiro atoms. The highest BCUT2D eigenvalue weighted by atomic mass is 79.9. The van der Waals surface area contributed by atoms with Crippen molar-refractivity contribution in [3.05, 3.63) is 46.4 Å². The molecule has 100 valence electrons. The van der Waals surface area contributed by atoms with Gasteiger partial charge in [-0.2, -0.15) is 0 Å². The fourth-order valence-electron chi connectivity index (χ4n) is 1.99. The van der Waals surface area contributed by atoms with E-state index in [2.05, 4.69) is 22.0 Å². The quantitative estimate of drug-likeness (QED) is 0.935. The van der Waals surface area contributed by atoms with Gasteiger partial charge in [-0.05, 0) is 45.3 Å². The minimum Gasteiger partial charge on any atom is -0.495 e. The number of ether oxygens (including phenoxy) is 2. The molecule has 0 aliphatic rings. The zero-order chi connectivity index (χ0) is 13.8. The Kier molecular flexibility index (Phi) is 4.45. The first-order valence-corrected chi connectivity index (χ1v) is 6.70. The molecule has 0 unspecified atom stereocenters. The third kappa shape index (κ3) is 2.74. The molecule has 0 aromatic heterocycles. The molecule has 2 N–H and O–H groups in total. The molecule has 2 rings (SSSR count). The molecule has 0 amide bonds.